The first kappa shape index (κ1) is 16.0. The number of primary amides is 1. The van der Waals surface area contributed by atoms with Crippen molar-refractivity contribution in [3.05, 3.63) is 48.5 Å². The van der Waals surface area contributed by atoms with Crippen LogP contribution >= 0.6 is 0 Å². The maximum absolute atomic E-state index is 12.4. The number of likely N-dealkylation sites (tertiary alicyclic amines) is 1. The van der Waals surface area contributed by atoms with Crippen LogP contribution in [-0.2, 0) is 4.79 Å². The highest BCUT2D eigenvalue weighted by molar-refractivity contribution is 5.92. The molecule has 2 aromatic rings. The molecule has 1 unspecified atom stereocenters. The van der Waals surface area contributed by atoms with E-state index in [2.05, 4.69) is 4.98 Å². The lowest BCUT2D eigenvalue weighted by molar-refractivity contribution is -0.135. The second-order valence-electron chi connectivity index (χ2n) is 5.82. The van der Waals surface area contributed by atoms with Gasteiger partial charge in [-0.2, -0.15) is 0 Å². The number of ether oxygens (including phenoxy) is 1. The molecule has 1 fully saturated rings. The molecule has 1 saturated heterocycles. The van der Waals surface area contributed by atoms with Gasteiger partial charge in [-0.1, -0.05) is 0 Å². The number of benzene rings is 1. The van der Waals surface area contributed by atoms with Crippen LogP contribution in [0, 0.1) is 0 Å². The van der Waals surface area contributed by atoms with Crippen LogP contribution in [0.25, 0.3) is 0 Å². The molecule has 0 radical (unpaired) electrons. The van der Waals surface area contributed by atoms with E-state index in [4.69, 9.17) is 10.5 Å². The number of nitrogens with two attached hydrogens (primary N) is 1. The Labute approximate surface area is 140 Å². The van der Waals surface area contributed by atoms with E-state index in [1.165, 1.54) is 0 Å². The molecule has 2 heterocycles. The van der Waals surface area contributed by atoms with Gasteiger partial charge in [-0.25, -0.2) is 4.98 Å². The topological polar surface area (TPSA) is 90.5 Å². The molecule has 1 atom stereocenters. The molecule has 2 amide bonds. The number of imidazole rings is 1. The standard InChI is InChI=1S/C17H20N4O3/c18-17(23)13-3-5-15(6-4-13)24-11-16(22)20-8-1-2-14(10-20)21-9-7-19-12-21/h3-7,9,12,14H,1-2,8,10-11H2,(H2,18,23). The summed E-state index contributed by atoms with van der Waals surface area (Å²) in [6.07, 6.45) is 7.46. The quantitative estimate of drug-likeness (QED) is 0.893. The Morgan fingerprint density at radius 1 is 1.29 bits per heavy atom. The highest BCUT2D eigenvalue weighted by atomic mass is 16.5. The van der Waals surface area contributed by atoms with Crippen LogP contribution in [-0.4, -0.2) is 46.0 Å². The van der Waals surface area contributed by atoms with E-state index >= 15 is 0 Å². The van der Waals surface area contributed by atoms with E-state index in [1.54, 1.807) is 36.8 Å². The zero-order valence-electron chi connectivity index (χ0n) is 13.3. The molecule has 2 N–H and O–H groups in total. The smallest absolute Gasteiger partial charge is 0.260 e. The molecule has 1 aromatic carbocycles. The Morgan fingerprint density at radius 3 is 2.75 bits per heavy atom. The van der Waals surface area contributed by atoms with Gasteiger partial charge in [-0.3, -0.25) is 9.59 Å². The van der Waals surface area contributed by atoms with Gasteiger partial charge in [0.1, 0.15) is 5.75 Å². The highest BCUT2D eigenvalue weighted by Gasteiger charge is 2.24. The number of rotatable bonds is 5. The number of hydrogen-bond donors (Lipinski definition) is 1. The van der Waals surface area contributed by atoms with Crippen molar-refractivity contribution in [2.45, 2.75) is 18.9 Å². The molecule has 24 heavy (non-hydrogen) atoms. The Bertz CT molecular complexity index is 697. The average Bonchev–Trinajstić information content (AvgIpc) is 3.15. The molecule has 0 aliphatic carbocycles. The van der Waals surface area contributed by atoms with E-state index < -0.39 is 5.91 Å². The van der Waals surface area contributed by atoms with Crippen molar-refractivity contribution >= 4 is 11.8 Å². The largest absolute Gasteiger partial charge is 0.484 e. The first-order valence-corrected chi connectivity index (χ1v) is 7.91. The van der Waals surface area contributed by atoms with Crippen molar-refractivity contribution in [2.75, 3.05) is 19.7 Å². The normalized spacial score (nSPS) is 17.5. The minimum atomic E-state index is -0.489. The van der Waals surface area contributed by atoms with Crippen LogP contribution < -0.4 is 10.5 Å². The fourth-order valence-corrected chi connectivity index (χ4v) is 2.86. The maximum atomic E-state index is 12.4. The number of nitrogens with zero attached hydrogens (tertiary/aromatic N) is 3. The Hall–Kier alpha value is -2.83. The van der Waals surface area contributed by atoms with Crippen LogP contribution in [0.2, 0.25) is 0 Å². The summed E-state index contributed by atoms with van der Waals surface area (Å²) in [6.45, 7) is 1.39. The van der Waals surface area contributed by atoms with E-state index in [0.29, 0.717) is 17.9 Å². The van der Waals surface area contributed by atoms with Gasteiger partial charge < -0.3 is 19.9 Å². The number of hydrogen-bond acceptors (Lipinski definition) is 4. The van der Waals surface area contributed by atoms with Crippen LogP contribution in [0.1, 0.15) is 29.2 Å². The fraction of sp³-hybridized carbons (Fsp3) is 0.353. The summed E-state index contributed by atoms with van der Waals surface area (Å²) in [4.78, 5) is 29.3. The molecule has 0 spiro atoms. The van der Waals surface area contributed by atoms with Gasteiger partial charge in [0.2, 0.25) is 5.91 Å². The van der Waals surface area contributed by atoms with Gasteiger partial charge in [-0.05, 0) is 37.1 Å². The van der Waals surface area contributed by atoms with Gasteiger partial charge in [0, 0.05) is 31.0 Å². The lowest BCUT2D eigenvalue weighted by atomic mass is 10.1. The summed E-state index contributed by atoms with van der Waals surface area (Å²) >= 11 is 0. The molecule has 0 bridgehead atoms. The van der Waals surface area contributed by atoms with Crippen molar-refractivity contribution in [2.24, 2.45) is 5.73 Å². The predicted molar refractivity (Wildman–Crippen MR) is 87.5 cm³/mol. The molecular formula is C17H20N4O3. The zero-order chi connectivity index (χ0) is 16.9. The molecule has 7 heteroatoms. The van der Waals surface area contributed by atoms with Crippen LogP contribution in [0.5, 0.6) is 5.75 Å². The number of amides is 2. The summed E-state index contributed by atoms with van der Waals surface area (Å²) in [5.74, 6) is 0.00630. The third-order valence-electron chi connectivity index (χ3n) is 4.20. The van der Waals surface area contributed by atoms with Crippen LogP contribution in [0.15, 0.2) is 43.0 Å². The van der Waals surface area contributed by atoms with E-state index in [-0.39, 0.29) is 18.6 Å². The first-order valence-electron chi connectivity index (χ1n) is 7.91. The van der Waals surface area contributed by atoms with Gasteiger partial charge in [0.15, 0.2) is 6.61 Å². The maximum Gasteiger partial charge on any atom is 0.260 e. The second-order valence-corrected chi connectivity index (χ2v) is 5.82. The Kier molecular flexibility index (Phi) is 4.79. The van der Waals surface area contributed by atoms with Crippen molar-refractivity contribution in [1.82, 2.24) is 14.5 Å². The van der Waals surface area contributed by atoms with Crippen LogP contribution in [0.4, 0.5) is 0 Å². The molecule has 126 valence electrons. The van der Waals surface area contributed by atoms with Gasteiger partial charge in [-0.15, -0.1) is 0 Å². The first-order chi connectivity index (χ1) is 11.6. The minimum Gasteiger partial charge on any atom is -0.484 e. The zero-order valence-corrected chi connectivity index (χ0v) is 13.3. The Balaban J connectivity index is 1.53. The Morgan fingerprint density at radius 2 is 2.08 bits per heavy atom. The van der Waals surface area contributed by atoms with E-state index in [9.17, 15) is 9.59 Å². The number of carbonyl (C=O) groups is 2. The molecular weight excluding hydrogens is 308 g/mol. The van der Waals surface area contributed by atoms with Gasteiger partial charge >= 0.3 is 0 Å². The number of aromatic nitrogens is 2. The predicted octanol–water partition coefficient (Wildman–Crippen LogP) is 1.22. The molecule has 1 aromatic heterocycles. The molecule has 1 aliphatic rings. The molecule has 7 nitrogen and oxygen atoms in total. The second kappa shape index (κ2) is 7.16. The summed E-state index contributed by atoms with van der Waals surface area (Å²) in [6, 6.07) is 6.70. The van der Waals surface area contributed by atoms with Crippen molar-refractivity contribution in [1.29, 1.82) is 0 Å². The molecule has 1 aliphatic heterocycles. The minimum absolute atomic E-state index is 0.0213. The highest BCUT2D eigenvalue weighted by Crippen LogP contribution is 2.21. The van der Waals surface area contributed by atoms with Crippen LogP contribution in [0.3, 0.4) is 0 Å². The fourth-order valence-electron chi connectivity index (χ4n) is 2.86. The summed E-state index contributed by atoms with van der Waals surface area (Å²) < 4.78 is 7.56. The van der Waals surface area contributed by atoms with Gasteiger partial charge in [0.25, 0.3) is 5.91 Å². The van der Waals surface area contributed by atoms with Crippen molar-refractivity contribution in [3.8, 4) is 5.75 Å². The van der Waals surface area contributed by atoms with E-state index in [1.807, 2.05) is 15.7 Å². The van der Waals surface area contributed by atoms with Gasteiger partial charge in [0.05, 0.1) is 12.4 Å². The monoisotopic (exact) mass is 328 g/mol. The lowest BCUT2D eigenvalue weighted by Gasteiger charge is -2.33. The SMILES string of the molecule is NC(=O)c1ccc(OCC(=O)N2CCCC(n3ccnc3)C2)cc1. The summed E-state index contributed by atoms with van der Waals surface area (Å²) in [5, 5.41) is 0. The average molecular weight is 328 g/mol. The van der Waals surface area contributed by atoms with E-state index in [0.717, 1.165) is 19.4 Å². The number of piperidine rings is 1. The van der Waals surface area contributed by atoms with Crippen molar-refractivity contribution in [3.63, 3.8) is 0 Å². The third-order valence-corrected chi connectivity index (χ3v) is 4.20. The van der Waals surface area contributed by atoms with Crippen molar-refractivity contribution < 1.29 is 14.3 Å². The molecule has 3 rings (SSSR count). The summed E-state index contributed by atoms with van der Waals surface area (Å²) in [5.41, 5.74) is 5.60. The lowest BCUT2D eigenvalue weighted by Crippen LogP contribution is -2.42. The number of carbonyl (C=O) groups excluding carboxylic acids is 2. The molecule has 0 saturated carbocycles. The third kappa shape index (κ3) is 3.73. The summed E-state index contributed by atoms with van der Waals surface area (Å²) in [7, 11) is 0.